The van der Waals surface area contributed by atoms with Crippen molar-refractivity contribution in [1.82, 2.24) is 10.2 Å². The molecule has 0 spiro atoms. The molecule has 0 saturated carbocycles. The molecule has 2 aromatic rings. The standard InChI is InChI=1S/C22H27N3O4/c1-16(22(26)23-14-17-6-7-20-21(12-17)29-15-28-20)24-8-10-25(11-9-24)18-4-3-5-19(13-18)27-2/h3-7,12-13,16H,8-11,14-15H2,1-2H3,(H,23,26). The van der Waals surface area contributed by atoms with Gasteiger partial charge in [0.2, 0.25) is 12.7 Å². The molecule has 2 heterocycles. The fourth-order valence-electron chi connectivity index (χ4n) is 3.73. The van der Waals surface area contributed by atoms with Gasteiger partial charge in [0.05, 0.1) is 13.2 Å². The van der Waals surface area contributed by atoms with E-state index in [-0.39, 0.29) is 18.7 Å². The van der Waals surface area contributed by atoms with Crippen molar-refractivity contribution in [2.75, 3.05) is 45.0 Å². The zero-order chi connectivity index (χ0) is 20.2. The Morgan fingerprint density at radius 1 is 1.10 bits per heavy atom. The molecule has 2 aliphatic heterocycles. The second-order valence-corrected chi connectivity index (χ2v) is 7.31. The van der Waals surface area contributed by atoms with Crippen molar-refractivity contribution in [3.8, 4) is 17.2 Å². The van der Waals surface area contributed by atoms with Crippen LogP contribution in [-0.4, -0.2) is 56.9 Å². The summed E-state index contributed by atoms with van der Waals surface area (Å²) in [6.07, 6.45) is 0. The summed E-state index contributed by atoms with van der Waals surface area (Å²) in [6, 6.07) is 13.7. The van der Waals surface area contributed by atoms with Crippen molar-refractivity contribution >= 4 is 11.6 Å². The number of rotatable bonds is 6. The number of carbonyl (C=O) groups excluding carboxylic acids is 1. The van der Waals surface area contributed by atoms with Crippen LogP contribution < -0.4 is 24.4 Å². The predicted octanol–water partition coefficient (Wildman–Crippen LogP) is 2.25. The van der Waals surface area contributed by atoms with Gasteiger partial charge in [-0.2, -0.15) is 0 Å². The summed E-state index contributed by atoms with van der Waals surface area (Å²) >= 11 is 0. The fourth-order valence-corrected chi connectivity index (χ4v) is 3.73. The van der Waals surface area contributed by atoms with E-state index in [9.17, 15) is 4.79 Å². The quantitative estimate of drug-likeness (QED) is 0.807. The van der Waals surface area contributed by atoms with Gasteiger partial charge >= 0.3 is 0 Å². The summed E-state index contributed by atoms with van der Waals surface area (Å²) < 4.78 is 16.0. The van der Waals surface area contributed by atoms with E-state index in [0.29, 0.717) is 6.54 Å². The molecular formula is C22H27N3O4. The van der Waals surface area contributed by atoms with Crippen LogP contribution in [0.25, 0.3) is 0 Å². The smallest absolute Gasteiger partial charge is 0.237 e. The van der Waals surface area contributed by atoms with Gasteiger partial charge in [0.15, 0.2) is 11.5 Å². The number of nitrogens with one attached hydrogen (secondary N) is 1. The minimum absolute atomic E-state index is 0.0393. The summed E-state index contributed by atoms with van der Waals surface area (Å²) in [5.74, 6) is 2.39. The highest BCUT2D eigenvalue weighted by Gasteiger charge is 2.25. The largest absolute Gasteiger partial charge is 0.497 e. The first kappa shape index (κ1) is 19.4. The normalized spacial score (nSPS) is 17.1. The van der Waals surface area contributed by atoms with E-state index in [1.165, 1.54) is 0 Å². The number of carbonyl (C=O) groups is 1. The molecule has 154 valence electrons. The zero-order valence-corrected chi connectivity index (χ0v) is 16.9. The lowest BCUT2D eigenvalue weighted by Gasteiger charge is -2.38. The van der Waals surface area contributed by atoms with E-state index in [1.807, 2.05) is 37.3 Å². The summed E-state index contributed by atoms with van der Waals surface area (Å²) in [5.41, 5.74) is 2.15. The molecule has 0 radical (unpaired) electrons. The lowest BCUT2D eigenvalue weighted by atomic mass is 10.1. The minimum atomic E-state index is -0.170. The van der Waals surface area contributed by atoms with Crippen LogP contribution in [0, 0.1) is 0 Å². The minimum Gasteiger partial charge on any atom is -0.497 e. The van der Waals surface area contributed by atoms with Crippen molar-refractivity contribution in [3.05, 3.63) is 48.0 Å². The van der Waals surface area contributed by atoms with Crippen molar-refractivity contribution < 1.29 is 19.0 Å². The predicted molar refractivity (Wildman–Crippen MR) is 111 cm³/mol. The molecule has 2 aliphatic rings. The third kappa shape index (κ3) is 4.40. The number of anilines is 1. The molecule has 1 unspecified atom stereocenters. The Kier molecular flexibility index (Phi) is 5.76. The monoisotopic (exact) mass is 397 g/mol. The molecule has 1 amide bonds. The Morgan fingerprint density at radius 2 is 1.90 bits per heavy atom. The number of hydrogen-bond donors (Lipinski definition) is 1. The third-order valence-corrected chi connectivity index (χ3v) is 5.56. The first-order chi connectivity index (χ1) is 14.1. The van der Waals surface area contributed by atoms with Crippen LogP contribution in [0.3, 0.4) is 0 Å². The highest BCUT2D eigenvalue weighted by Crippen LogP contribution is 2.32. The van der Waals surface area contributed by atoms with Crippen LogP contribution in [-0.2, 0) is 11.3 Å². The molecule has 0 aliphatic carbocycles. The van der Waals surface area contributed by atoms with E-state index in [2.05, 4.69) is 27.2 Å². The van der Waals surface area contributed by atoms with E-state index < -0.39 is 0 Å². The van der Waals surface area contributed by atoms with Crippen LogP contribution in [0.1, 0.15) is 12.5 Å². The number of amides is 1. The maximum absolute atomic E-state index is 12.6. The second-order valence-electron chi connectivity index (χ2n) is 7.31. The van der Waals surface area contributed by atoms with E-state index >= 15 is 0 Å². The van der Waals surface area contributed by atoms with Crippen LogP contribution >= 0.6 is 0 Å². The zero-order valence-electron chi connectivity index (χ0n) is 16.9. The number of piperazine rings is 1. The number of benzene rings is 2. The maximum atomic E-state index is 12.6. The topological polar surface area (TPSA) is 63.3 Å². The van der Waals surface area contributed by atoms with Gasteiger partial charge in [0.25, 0.3) is 0 Å². The molecule has 0 bridgehead atoms. The number of nitrogens with zero attached hydrogens (tertiary/aromatic N) is 2. The molecule has 1 atom stereocenters. The maximum Gasteiger partial charge on any atom is 0.237 e. The van der Waals surface area contributed by atoms with Crippen molar-refractivity contribution in [3.63, 3.8) is 0 Å². The van der Waals surface area contributed by atoms with Gasteiger partial charge < -0.3 is 24.4 Å². The molecule has 1 N–H and O–H groups in total. The van der Waals surface area contributed by atoms with Gasteiger partial charge in [-0.1, -0.05) is 12.1 Å². The van der Waals surface area contributed by atoms with Crippen LogP contribution in [0.4, 0.5) is 5.69 Å². The van der Waals surface area contributed by atoms with Gasteiger partial charge in [-0.05, 0) is 36.8 Å². The van der Waals surface area contributed by atoms with Gasteiger partial charge in [-0.15, -0.1) is 0 Å². The summed E-state index contributed by atoms with van der Waals surface area (Å²) in [7, 11) is 1.68. The van der Waals surface area contributed by atoms with Crippen molar-refractivity contribution in [2.24, 2.45) is 0 Å². The molecule has 4 rings (SSSR count). The van der Waals surface area contributed by atoms with Gasteiger partial charge in [0, 0.05) is 44.5 Å². The molecule has 7 heteroatoms. The molecule has 7 nitrogen and oxygen atoms in total. The van der Waals surface area contributed by atoms with Crippen LogP contribution in [0.5, 0.6) is 17.2 Å². The van der Waals surface area contributed by atoms with Gasteiger partial charge in [0.1, 0.15) is 5.75 Å². The Balaban J connectivity index is 1.27. The molecule has 2 aromatic carbocycles. The lowest BCUT2D eigenvalue weighted by molar-refractivity contribution is -0.126. The molecular weight excluding hydrogens is 370 g/mol. The highest BCUT2D eigenvalue weighted by molar-refractivity contribution is 5.81. The van der Waals surface area contributed by atoms with Crippen molar-refractivity contribution in [2.45, 2.75) is 19.5 Å². The van der Waals surface area contributed by atoms with E-state index in [4.69, 9.17) is 14.2 Å². The van der Waals surface area contributed by atoms with Crippen molar-refractivity contribution in [1.29, 1.82) is 0 Å². The molecule has 1 saturated heterocycles. The first-order valence-electron chi connectivity index (χ1n) is 9.93. The summed E-state index contributed by atoms with van der Waals surface area (Å²) in [5, 5.41) is 3.04. The fraction of sp³-hybridized carbons (Fsp3) is 0.409. The summed E-state index contributed by atoms with van der Waals surface area (Å²) in [4.78, 5) is 17.2. The van der Waals surface area contributed by atoms with Crippen LogP contribution in [0.2, 0.25) is 0 Å². The Labute approximate surface area is 171 Å². The number of hydrogen-bond acceptors (Lipinski definition) is 6. The van der Waals surface area contributed by atoms with Crippen LogP contribution in [0.15, 0.2) is 42.5 Å². The number of methoxy groups -OCH3 is 1. The molecule has 0 aromatic heterocycles. The number of ether oxygens (including phenoxy) is 3. The second kappa shape index (κ2) is 8.61. The highest BCUT2D eigenvalue weighted by atomic mass is 16.7. The lowest BCUT2D eigenvalue weighted by Crippen LogP contribution is -2.53. The first-order valence-corrected chi connectivity index (χ1v) is 9.93. The van der Waals surface area contributed by atoms with Gasteiger partial charge in [-0.3, -0.25) is 9.69 Å². The Morgan fingerprint density at radius 3 is 2.69 bits per heavy atom. The Hall–Kier alpha value is -2.93. The average molecular weight is 397 g/mol. The number of fused-ring (bicyclic) bond motifs is 1. The SMILES string of the molecule is COc1cccc(N2CCN(C(C)C(=O)NCc3ccc4c(c3)OCO4)CC2)c1. The average Bonchev–Trinajstić information content (AvgIpc) is 3.25. The summed E-state index contributed by atoms with van der Waals surface area (Å²) in [6.45, 7) is 6.15. The third-order valence-electron chi connectivity index (χ3n) is 5.56. The van der Waals surface area contributed by atoms with Gasteiger partial charge in [-0.25, -0.2) is 0 Å². The van der Waals surface area contributed by atoms with E-state index in [1.54, 1.807) is 7.11 Å². The van der Waals surface area contributed by atoms with E-state index in [0.717, 1.165) is 54.7 Å². The molecule has 1 fully saturated rings. The Bertz CT molecular complexity index is 865. The molecule has 29 heavy (non-hydrogen) atoms.